The van der Waals surface area contributed by atoms with Gasteiger partial charge < -0.3 is 5.32 Å². The van der Waals surface area contributed by atoms with E-state index in [-0.39, 0.29) is 0 Å². The number of fused-ring (bicyclic) bond motifs is 1. The molecule has 1 aromatic heterocycles. The van der Waals surface area contributed by atoms with Gasteiger partial charge in [-0.25, -0.2) is 4.98 Å². The van der Waals surface area contributed by atoms with E-state index >= 15 is 0 Å². The fourth-order valence-corrected chi connectivity index (χ4v) is 4.25. The van der Waals surface area contributed by atoms with Gasteiger partial charge in [0, 0.05) is 6.42 Å². The van der Waals surface area contributed by atoms with Crippen molar-refractivity contribution in [2.75, 3.05) is 13.1 Å². The second-order valence-electron chi connectivity index (χ2n) is 5.48. The number of nitrogens with one attached hydrogen (secondary N) is 1. The molecule has 2 heterocycles. The average molecular weight is 295 g/mol. The van der Waals surface area contributed by atoms with Gasteiger partial charge >= 0.3 is 0 Å². The van der Waals surface area contributed by atoms with Gasteiger partial charge in [0.2, 0.25) is 0 Å². The molecule has 2 aromatic rings. The Kier molecular flexibility index (Phi) is 4.06. The number of hydrogen-bond acceptors (Lipinski definition) is 3. The van der Waals surface area contributed by atoms with Crippen LogP contribution in [0.2, 0.25) is 5.02 Å². The van der Waals surface area contributed by atoms with E-state index in [1.54, 1.807) is 11.3 Å². The van der Waals surface area contributed by atoms with Crippen molar-refractivity contribution in [3.05, 3.63) is 28.2 Å². The molecule has 102 valence electrons. The van der Waals surface area contributed by atoms with Crippen LogP contribution in [0.4, 0.5) is 0 Å². The summed E-state index contributed by atoms with van der Waals surface area (Å²) in [5.74, 6) is 1.48. The van der Waals surface area contributed by atoms with Crippen LogP contribution in [0.25, 0.3) is 10.2 Å². The maximum Gasteiger partial charge on any atom is 0.0941 e. The summed E-state index contributed by atoms with van der Waals surface area (Å²) in [5.41, 5.74) is 1.04. The van der Waals surface area contributed by atoms with E-state index in [1.165, 1.54) is 24.4 Å². The van der Waals surface area contributed by atoms with Crippen molar-refractivity contribution in [3.63, 3.8) is 0 Å². The minimum atomic E-state index is 0.687. The molecule has 3 rings (SSSR count). The fourth-order valence-electron chi connectivity index (χ4n) is 2.86. The molecular weight excluding hydrogens is 276 g/mol. The molecule has 1 fully saturated rings. The number of rotatable bonds is 3. The lowest BCUT2D eigenvalue weighted by Gasteiger charge is -2.27. The Labute approximate surface area is 123 Å². The van der Waals surface area contributed by atoms with E-state index in [0.717, 1.165) is 34.1 Å². The zero-order valence-electron chi connectivity index (χ0n) is 11.2. The SMILES string of the molecule is CC(Cc1nc2cccc(Cl)c2s1)C1CCCNC1. The zero-order chi connectivity index (χ0) is 13.2. The van der Waals surface area contributed by atoms with Crippen molar-refractivity contribution in [1.29, 1.82) is 0 Å². The molecule has 1 aliphatic rings. The third kappa shape index (κ3) is 2.93. The number of hydrogen-bond donors (Lipinski definition) is 1. The van der Waals surface area contributed by atoms with Crippen LogP contribution in [0.15, 0.2) is 18.2 Å². The van der Waals surface area contributed by atoms with Crippen LogP contribution in [-0.4, -0.2) is 18.1 Å². The number of halogens is 1. The minimum Gasteiger partial charge on any atom is -0.316 e. The van der Waals surface area contributed by atoms with Crippen LogP contribution >= 0.6 is 22.9 Å². The third-order valence-electron chi connectivity index (χ3n) is 4.05. The van der Waals surface area contributed by atoms with Gasteiger partial charge in [-0.05, 0) is 49.9 Å². The van der Waals surface area contributed by atoms with E-state index in [1.807, 2.05) is 18.2 Å². The van der Waals surface area contributed by atoms with Gasteiger partial charge in [-0.1, -0.05) is 24.6 Å². The molecule has 0 radical (unpaired) electrons. The summed E-state index contributed by atoms with van der Waals surface area (Å²) in [6, 6.07) is 5.97. The smallest absolute Gasteiger partial charge is 0.0941 e. The Bertz CT molecular complexity index is 560. The molecule has 1 N–H and O–H groups in total. The van der Waals surface area contributed by atoms with E-state index in [0.29, 0.717) is 5.92 Å². The third-order valence-corrected chi connectivity index (χ3v) is 5.60. The number of thiazole rings is 1. The Morgan fingerprint density at radius 3 is 3.16 bits per heavy atom. The molecule has 1 aromatic carbocycles. The number of aromatic nitrogens is 1. The van der Waals surface area contributed by atoms with Crippen LogP contribution in [0.1, 0.15) is 24.8 Å². The van der Waals surface area contributed by atoms with Gasteiger partial charge in [-0.2, -0.15) is 0 Å². The Balaban J connectivity index is 1.75. The highest BCUT2D eigenvalue weighted by atomic mass is 35.5. The van der Waals surface area contributed by atoms with Crippen molar-refractivity contribution >= 4 is 33.2 Å². The van der Waals surface area contributed by atoms with Crippen LogP contribution in [0.3, 0.4) is 0 Å². The highest BCUT2D eigenvalue weighted by Crippen LogP contribution is 2.31. The van der Waals surface area contributed by atoms with Crippen molar-refractivity contribution in [2.45, 2.75) is 26.2 Å². The number of benzene rings is 1. The van der Waals surface area contributed by atoms with Gasteiger partial charge in [0.1, 0.15) is 0 Å². The minimum absolute atomic E-state index is 0.687. The molecular formula is C15H19ClN2S. The van der Waals surface area contributed by atoms with Crippen LogP contribution in [0.5, 0.6) is 0 Å². The summed E-state index contributed by atoms with van der Waals surface area (Å²) >= 11 is 7.97. The first kappa shape index (κ1) is 13.3. The molecule has 0 saturated carbocycles. The molecule has 1 aliphatic heterocycles. The van der Waals surface area contributed by atoms with Crippen LogP contribution in [-0.2, 0) is 6.42 Å². The highest BCUT2D eigenvalue weighted by molar-refractivity contribution is 7.19. The summed E-state index contributed by atoms with van der Waals surface area (Å²) in [6.45, 7) is 4.69. The van der Waals surface area contributed by atoms with E-state index in [9.17, 15) is 0 Å². The first-order valence-electron chi connectivity index (χ1n) is 6.98. The number of piperidine rings is 1. The van der Waals surface area contributed by atoms with Crippen LogP contribution in [0, 0.1) is 11.8 Å². The summed E-state index contributed by atoms with van der Waals surface area (Å²) in [5, 5.41) is 5.55. The maximum absolute atomic E-state index is 6.22. The Morgan fingerprint density at radius 1 is 1.53 bits per heavy atom. The van der Waals surface area contributed by atoms with E-state index in [2.05, 4.69) is 12.2 Å². The molecule has 4 heteroatoms. The van der Waals surface area contributed by atoms with Gasteiger partial charge in [0.25, 0.3) is 0 Å². The highest BCUT2D eigenvalue weighted by Gasteiger charge is 2.21. The zero-order valence-corrected chi connectivity index (χ0v) is 12.7. The van der Waals surface area contributed by atoms with Gasteiger partial charge in [0.15, 0.2) is 0 Å². The summed E-state index contributed by atoms with van der Waals surface area (Å²) in [7, 11) is 0. The second-order valence-corrected chi connectivity index (χ2v) is 6.97. The summed E-state index contributed by atoms with van der Waals surface area (Å²) in [6.07, 6.45) is 3.72. The predicted molar refractivity (Wildman–Crippen MR) is 83.1 cm³/mol. The van der Waals surface area contributed by atoms with Gasteiger partial charge in [-0.3, -0.25) is 0 Å². The van der Waals surface area contributed by atoms with E-state index < -0.39 is 0 Å². The average Bonchev–Trinajstić information content (AvgIpc) is 2.84. The largest absolute Gasteiger partial charge is 0.316 e. The lowest BCUT2D eigenvalue weighted by Crippen LogP contribution is -2.33. The second kappa shape index (κ2) is 5.78. The maximum atomic E-state index is 6.22. The Morgan fingerprint density at radius 2 is 2.42 bits per heavy atom. The summed E-state index contributed by atoms with van der Waals surface area (Å²) in [4.78, 5) is 4.72. The molecule has 0 spiro atoms. The topological polar surface area (TPSA) is 24.9 Å². The molecule has 1 saturated heterocycles. The van der Waals surface area contributed by atoms with Gasteiger partial charge in [-0.15, -0.1) is 11.3 Å². The van der Waals surface area contributed by atoms with Crippen molar-refractivity contribution in [1.82, 2.24) is 10.3 Å². The molecule has 0 bridgehead atoms. The molecule has 2 atom stereocenters. The standard InChI is InChI=1S/C15H19ClN2S/c1-10(11-4-3-7-17-9-11)8-14-18-13-6-2-5-12(16)15(13)19-14/h2,5-6,10-11,17H,3-4,7-9H2,1H3. The molecule has 2 unspecified atom stereocenters. The Hall–Kier alpha value is -0.640. The fraction of sp³-hybridized carbons (Fsp3) is 0.533. The lowest BCUT2D eigenvalue weighted by atomic mass is 9.86. The number of nitrogens with zero attached hydrogens (tertiary/aromatic N) is 1. The van der Waals surface area contributed by atoms with Crippen molar-refractivity contribution < 1.29 is 0 Å². The summed E-state index contributed by atoms with van der Waals surface area (Å²) < 4.78 is 1.13. The van der Waals surface area contributed by atoms with Crippen LogP contribution < -0.4 is 5.32 Å². The molecule has 0 amide bonds. The van der Waals surface area contributed by atoms with Crippen molar-refractivity contribution in [2.24, 2.45) is 11.8 Å². The molecule has 2 nitrogen and oxygen atoms in total. The monoisotopic (exact) mass is 294 g/mol. The van der Waals surface area contributed by atoms with E-state index in [4.69, 9.17) is 16.6 Å². The molecule has 19 heavy (non-hydrogen) atoms. The lowest BCUT2D eigenvalue weighted by molar-refractivity contribution is 0.279. The predicted octanol–water partition coefficient (Wildman–Crippen LogP) is 4.13. The quantitative estimate of drug-likeness (QED) is 0.921. The van der Waals surface area contributed by atoms with Gasteiger partial charge in [0.05, 0.1) is 20.2 Å². The first-order chi connectivity index (χ1) is 9.24. The normalized spacial score (nSPS) is 21.7. The molecule has 0 aliphatic carbocycles. The van der Waals surface area contributed by atoms with Crippen molar-refractivity contribution in [3.8, 4) is 0 Å². The first-order valence-corrected chi connectivity index (χ1v) is 8.18.